The second kappa shape index (κ2) is 7.95. The largest absolute Gasteiger partial charge is 0.481 e. The van der Waals surface area contributed by atoms with Gasteiger partial charge in [-0.3, -0.25) is 4.79 Å². The number of amides is 1. The highest BCUT2D eigenvalue weighted by Gasteiger charge is 2.20. The first-order valence-electron chi connectivity index (χ1n) is 8.63. The van der Waals surface area contributed by atoms with Crippen LogP contribution in [0, 0.1) is 6.92 Å². The maximum atomic E-state index is 11.7. The number of nitrogens with zero attached hydrogens (tertiary/aromatic N) is 1. The van der Waals surface area contributed by atoms with Crippen LogP contribution in [0.2, 0.25) is 0 Å². The lowest BCUT2D eigenvalue weighted by molar-refractivity contribution is -0.142. The number of primary amides is 1. The number of nitrogens with two attached hydrogens (primary N) is 1. The van der Waals surface area contributed by atoms with Crippen molar-refractivity contribution in [3.8, 4) is 5.75 Å². The molecule has 3 rings (SSSR count). The van der Waals surface area contributed by atoms with E-state index in [9.17, 15) is 9.59 Å². The Hall–Kier alpha value is -3.28. The van der Waals surface area contributed by atoms with Gasteiger partial charge in [0.1, 0.15) is 5.75 Å². The molecule has 1 amide bonds. The van der Waals surface area contributed by atoms with Gasteiger partial charge in [-0.25, -0.2) is 4.79 Å². The minimum Gasteiger partial charge on any atom is -0.481 e. The molecule has 0 aliphatic carbocycles. The number of hydrogen-bond donors (Lipinski definition) is 1. The molecule has 0 aliphatic heterocycles. The van der Waals surface area contributed by atoms with Crippen LogP contribution in [0.3, 0.4) is 0 Å². The molecule has 0 spiro atoms. The van der Waals surface area contributed by atoms with E-state index in [1.165, 1.54) is 7.11 Å². The Morgan fingerprint density at radius 1 is 1.07 bits per heavy atom. The summed E-state index contributed by atoms with van der Waals surface area (Å²) in [6, 6.07) is 15.7. The molecular weight excluding hydrogens is 344 g/mol. The summed E-state index contributed by atoms with van der Waals surface area (Å²) in [6.45, 7) is 2.42. The van der Waals surface area contributed by atoms with E-state index in [2.05, 4.69) is 21.4 Å². The van der Waals surface area contributed by atoms with Gasteiger partial charge in [-0.1, -0.05) is 36.4 Å². The summed E-state index contributed by atoms with van der Waals surface area (Å²) < 4.78 is 12.4. The van der Waals surface area contributed by atoms with Crippen LogP contribution >= 0.6 is 0 Å². The van der Waals surface area contributed by atoms with Gasteiger partial charge in [-0.05, 0) is 30.2 Å². The van der Waals surface area contributed by atoms with E-state index in [0.29, 0.717) is 12.3 Å². The van der Waals surface area contributed by atoms with Gasteiger partial charge in [-0.15, -0.1) is 0 Å². The number of carbonyl (C=O) groups is 2. The smallest absolute Gasteiger partial charge is 0.343 e. The number of ether oxygens (including phenoxy) is 2. The third kappa shape index (κ3) is 3.95. The molecule has 0 bridgehead atoms. The van der Waals surface area contributed by atoms with Crippen LogP contribution in [-0.4, -0.2) is 30.2 Å². The molecule has 6 nitrogen and oxygen atoms in total. The minimum absolute atomic E-state index is 0.0999. The Balaban J connectivity index is 2.11. The topological polar surface area (TPSA) is 83.6 Å². The lowest BCUT2D eigenvalue weighted by atomic mass is 10.1. The van der Waals surface area contributed by atoms with Crippen LogP contribution in [0.5, 0.6) is 5.75 Å². The average molecular weight is 366 g/mol. The fourth-order valence-corrected chi connectivity index (χ4v) is 3.25. The lowest BCUT2D eigenvalue weighted by Gasteiger charge is -2.10. The molecule has 0 unspecified atom stereocenters. The normalized spacial score (nSPS) is 10.7. The molecule has 140 valence electrons. The highest BCUT2D eigenvalue weighted by molar-refractivity contribution is 5.95. The Kier molecular flexibility index (Phi) is 5.45. The van der Waals surface area contributed by atoms with Crippen molar-refractivity contribution in [2.24, 2.45) is 5.73 Å². The molecular formula is C21H22N2O4. The number of aromatic nitrogens is 1. The molecule has 0 atom stereocenters. The number of esters is 1. The number of carbonyl (C=O) groups excluding carboxylic acids is 2. The fourth-order valence-electron chi connectivity index (χ4n) is 3.25. The van der Waals surface area contributed by atoms with E-state index >= 15 is 0 Å². The number of hydrogen-bond acceptors (Lipinski definition) is 4. The molecule has 1 heterocycles. The third-order valence-electron chi connectivity index (χ3n) is 4.55. The zero-order valence-electron chi connectivity index (χ0n) is 15.4. The van der Waals surface area contributed by atoms with E-state index in [0.717, 1.165) is 27.7 Å². The van der Waals surface area contributed by atoms with E-state index in [1.54, 1.807) is 6.07 Å². The van der Waals surface area contributed by atoms with E-state index in [1.807, 2.05) is 37.3 Å². The maximum absolute atomic E-state index is 11.7. The van der Waals surface area contributed by atoms with Crippen molar-refractivity contribution in [3.63, 3.8) is 0 Å². The summed E-state index contributed by atoms with van der Waals surface area (Å²) in [5.74, 6) is -0.354. The maximum Gasteiger partial charge on any atom is 0.343 e. The van der Waals surface area contributed by atoms with Gasteiger partial charge < -0.3 is 19.8 Å². The monoisotopic (exact) mass is 366 g/mol. The minimum atomic E-state index is -0.469. The SMILES string of the molecule is COC(=O)COc1cccc2c1c(CC(N)=O)c(C)n2Cc1ccccc1. The predicted molar refractivity (Wildman–Crippen MR) is 103 cm³/mol. The highest BCUT2D eigenvalue weighted by Crippen LogP contribution is 2.34. The van der Waals surface area contributed by atoms with Gasteiger partial charge in [0.05, 0.1) is 19.0 Å². The van der Waals surface area contributed by atoms with Crippen molar-refractivity contribution in [1.82, 2.24) is 4.57 Å². The van der Waals surface area contributed by atoms with Crippen LogP contribution in [0.4, 0.5) is 0 Å². The van der Waals surface area contributed by atoms with Crippen molar-refractivity contribution in [2.75, 3.05) is 13.7 Å². The van der Waals surface area contributed by atoms with Crippen LogP contribution in [-0.2, 0) is 27.3 Å². The van der Waals surface area contributed by atoms with Crippen molar-refractivity contribution >= 4 is 22.8 Å². The Labute approximate surface area is 157 Å². The molecule has 0 fully saturated rings. The summed E-state index contributed by atoms with van der Waals surface area (Å²) in [5.41, 5.74) is 9.31. The quantitative estimate of drug-likeness (QED) is 0.652. The summed E-state index contributed by atoms with van der Waals surface area (Å²) >= 11 is 0. The summed E-state index contributed by atoms with van der Waals surface area (Å²) in [5, 5.41) is 0.800. The summed E-state index contributed by atoms with van der Waals surface area (Å²) in [6.07, 6.45) is 0.0999. The van der Waals surface area contributed by atoms with E-state index in [4.69, 9.17) is 10.5 Å². The van der Waals surface area contributed by atoms with Crippen molar-refractivity contribution in [1.29, 1.82) is 0 Å². The number of fused-ring (bicyclic) bond motifs is 1. The molecule has 2 aromatic carbocycles. The van der Waals surface area contributed by atoms with Gasteiger partial charge >= 0.3 is 5.97 Å². The predicted octanol–water partition coefficient (Wildman–Crippen LogP) is 2.58. The van der Waals surface area contributed by atoms with Gasteiger partial charge in [0.25, 0.3) is 0 Å². The zero-order chi connectivity index (χ0) is 19.4. The molecule has 0 saturated heterocycles. The first-order valence-corrected chi connectivity index (χ1v) is 8.63. The van der Waals surface area contributed by atoms with Crippen molar-refractivity contribution < 1.29 is 19.1 Å². The van der Waals surface area contributed by atoms with Gasteiger partial charge in [0.2, 0.25) is 5.91 Å². The summed E-state index contributed by atoms with van der Waals surface area (Å²) in [7, 11) is 1.31. The number of benzene rings is 2. The van der Waals surface area contributed by atoms with Gasteiger partial charge in [0, 0.05) is 17.6 Å². The van der Waals surface area contributed by atoms with Crippen molar-refractivity contribution in [2.45, 2.75) is 19.9 Å². The first kappa shape index (κ1) is 18.5. The van der Waals surface area contributed by atoms with Crippen LogP contribution in [0.15, 0.2) is 48.5 Å². The van der Waals surface area contributed by atoms with Gasteiger partial charge in [-0.2, -0.15) is 0 Å². The Morgan fingerprint density at radius 3 is 2.48 bits per heavy atom. The number of rotatable bonds is 7. The standard InChI is InChI=1S/C21H22N2O4/c1-14-16(11-19(22)24)21-17(23(14)12-15-7-4-3-5-8-15)9-6-10-18(21)27-13-20(25)26-2/h3-10H,11-13H2,1-2H3,(H2,22,24). The molecule has 0 aliphatic rings. The zero-order valence-corrected chi connectivity index (χ0v) is 15.4. The molecule has 3 aromatic rings. The molecule has 0 saturated carbocycles. The number of methoxy groups -OCH3 is 1. The third-order valence-corrected chi connectivity index (χ3v) is 4.55. The highest BCUT2D eigenvalue weighted by atomic mass is 16.6. The van der Waals surface area contributed by atoms with Crippen LogP contribution in [0.25, 0.3) is 10.9 Å². The van der Waals surface area contributed by atoms with Crippen LogP contribution < -0.4 is 10.5 Å². The molecule has 0 radical (unpaired) electrons. The van der Waals surface area contributed by atoms with E-state index < -0.39 is 11.9 Å². The van der Waals surface area contributed by atoms with Gasteiger partial charge in [0.15, 0.2) is 6.61 Å². The second-order valence-electron chi connectivity index (χ2n) is 6.29. The van der Waals surface area contributed by atoms with Crippen LogP contribution in [0.1, 0.15) is 16.8 Å². The van der Waals surface area contributed by atoms with E-state index in [-0.39, 0.29) is 13.0 Å². The Morgan fingerprint density at radius 2 is 1.81 bits per heavy atom. The summed E-state index contributed by atoms with van der Waals surface area (Å²) in [4.78, 5) is 23.1. The average Bonchev–Trinajstić information content (AvgIpc) is 2.92. The lowest BCUT2D eigenvalue weighted by Crippen LogP contribution is -2.15. The molecule has 1 aromatic heterocycles. The molecule has 27 heavy (non-hydrogen) atoms. The fraction of sp³-hybridized carbons (Fsp3) is 0.238. The second-order valence-corrected chi connectivity index (χ2v) is 6.29. The van der Waals surface area contributed by atoms with Crippen molar-refractivity contribution in [3.05, 3.63) is 65.4 Å². The Bertz CT molecular complexity index is 977. The molecule has 6 heteroatoms. The first-order chi connectivity index (χ1) is 13.0. The molecule has 2 N–H and O–H groups in total.